The second-order valence-corrected chi connectivity index (χ2v) is 10.3. The highest BCUT2D eigenvalue weighted by Gasteiger charge is 2.21. The average molecular weight is 399 g/mol. The number of benzene rings is 3. The van der Waals surface area contributed by atoms with Gasteiger partial charge in [-0.15, -0.1) is 0 Å². The van der Waals surface area contributed by atoms with Crippen LogP contribution in [0.5, 0.6) is 0 Å². The van der Waals surface area contributed by atoms with Gasteiger partial charge >= 0.3 is 0 Å². The van der Waals surface area contributed by atoms with Crippen LogP contribution < -0.4 is 4.72 Å². The number of fused-ring (bicyclic) bond motifs is 3. The fourth-order valence-electron chi connectivity index (χ4n) is 3.29. The first-order chi connectivity index (χ1) is 12.7. The fraction of sp³-hybridized carbons (Fsp3) is 0.100. The van der Waals surface area contributed by atoms with E-state index in [4.69, 9.17) is 0 Å². The molecule has 3 aromatic carbocycles. The van der Waals surface area contributed by atoms with Gasteiger partial charge in [0.05, 0.1) is 9.79 Å². The van der Waals surface area contributed by atoms with E-state index in [0.29, 0.717) is 5.69 Å². The first-order valence-electron chi connectivity index (χ1n) is 8.28. The molecular weight excluding hydrogens is 382 g/mol. The summed E-state index contributed by atoms with van der Waals surface area (Å²) >= 11 is 0. The van der Waals surface area contributed by atoms with Crippen LogP contribution in [0, 0.1) is 0 Å². The third-order valence-electron chi connectivity index (χ3n) is 4.59. The molecule has 27 heavy (non-hydrogen) atoms. The lowest BCUT2D eigenvalue weighted by Crippen LogP contribution is -2.13. The molecule has 7 heteroatoms. The van der Waals surface area contributed by atoms with Crippen LogP contribution in [-0.4, -0.2) is 23.1 Å². The van der Waals surface area contributed by atoms with Crippen molar-refractivity contribution < 1.29 is 16.8 Å². The minimum absolute atomic E-state index is 0.0326. The van der Waals surface area contributed by atoms with Gasteiger partial charge in [-0.05, 0) is 59.0 Å². The molecular formula is C20H17NO4S2. The van der Waals surface area contributed by atoms with Gasteiger partial charge in [0, 0.05) is 11.9 Å². The molecule has 0 aromatic heterocycles. The molecule has 0 aliphatic heterocycles. The quantitative estimate of drug-likeness (QED) is 0.570. The number of nitrogens with one attached hydrogen (secondary N) is 1. The summed E-state index contributed by atoms with van der Waals surface area (Å²) < 4.78 is 51.3. The zero-order valence-electron chi connectivity index (χ0n) is 14.5. The maximum absolute atomic E-state index is 12.7. The van der Waals surface area contributed by atoms with Crippen LogP contribution in [0.25, 0.3) is 11.1 Å². The average Bonchev–Trinajstić information content (AvgIpc) is 2.98. The Hall–Kier alpha value is -2.64. The Balaban J connectivity index is 1.66. The van der Waals surface area contributed by atoms with Crippen molar-refractivity contribution in [1.82, 2.24) is 0 Å². The van der Waals surface area contributed by atoms with E-state index < -0.39 is 19.9 Å². The first-order valence-corrected chi connectivity index (χ1v) is 11.7. The van der Waals surface area contributed by atoms with Gasteiger partial charge in [0.2, 0.25) is 0 Å². The summed E-state index contributed by atoms with van der Waals surface area (Å²) in [5.41, 5.74) is 5.00. The second-order valence-electron chi connectivity index (χ2n) is 6.56. The molecule has 1 aliphatic rings. The van der Waals surface area contributed by atoms with Crippen molar-refractivity contribution in [2.24, 2.45) is 0 Å². The molecule has 0 spiro atoms. The molecule has 0 fully saturated rings. The van der Waals surface area contributed by atoms with Crippen molar-refractivity contribution in [3.8, 4) is 11.1 Å². The molecule has 1 N–H and O–H groups in total. The van der Waals surface area contributed by atoms with Crippen LogP contribution >= 0.6 is 0 Å². The fourth-order valence-corrected chi connectivity index (χ4v) is 5.13. The Labute approximate surface area is 158 Å². The first kappa shape index (κ1) is 17.8. The van der Waals surface area contributed by atoms with Gasteiger partial charge in [-0.3, -0.25) is 4.72 Å². The topological polar surface area (TPSA) is 80.3 Å². The standard InChI is InChI=1S/C20H17NO4S2/c1-26(22,23)17-6-4-7-18(13-17)27(24,25)21-16-9-10-20-15(12-16)11-14-5-2-3-8-19(14)20/h2-10,12-13,21H,11H2,1H3. The van der Waals surface area contributed by atoms with Crippen LogP contribution in [0.4, 0.5) is 5.69 Å². The van der Waals surface area contributed by atoms with Crippen LogP contribution in [0.3, 0.4) is 0 Å². The number of hydrogen-bond acceptors (Lipinski definition) is 4. The summed E-state index contributed by atoms with van der Waals surface area (Å²) in [5, 5.41) is 0. The Morgan fingerprint density at radius 2 is 1.44 bits per heavy atom. The molecule has 0 bridgehead atoms. The zero-order chi connectivity index (χ0) is 19.2. The third-order valence-corrected chi connectivity index (χ3v) is 7.08. The lowest BCUT2D eigenvalue weighted by Gasteiger charge is -2.10. The lowest BCUT2D eigenvalue weighted by molar-refractivity contribution is 0.599. The van der Waals surface area contributed by atoms with E-state index in [0.717, 1.165) is 23.8 Å². The van der Waals surface area contributed by atoms with Crippen molar-refractivity contribution in [1.29, 1.82) is 0 Å². The van der Waals surface area contributed by atoms with Crippen LogP contribution in [0.1, 0.15) is 11.1 Å². The molecule has 138 valence electrons. The van der Waals surface area contributed by atoms with E-state index in [9.17, 15) is 16.8 Å². The molecule has 0 saturated carbocycles. The molecule has 0 amide bonds. The Kier molecular flexibility index (Phi) is 4.09. The summed E-state index contributed by atoms with van der Waals surface area (Å²) in [6, 6.07) is 18.9. The summed E-state index contributed by atoms with van der Waals surface area (Å²) in [7, 11) is -7.38. The van der Waals surface area contributed by atoms with E-state index in [2.05, 4.69) is 16.9 Å². The van der Waals surface area contributed by atoms with Gasteiger partial charge in [0.15, 0.2) is 9.84 Å². The Morgan fingerprint density at radius 3 is 2.22 bits per heavy atom. The molecule has 0 radical (unpaired) electrons. The van der Waals surface area contributed by atoms with Gasteiger partial charge in [-0.2, -0.15) is 0 Å². The van der Waals surface area contributed by atoms with E-state index in [1.54, 1.807) is 6.07 Å². The van der Waals surface area contributed by atoms with Crippen molar-refractivity contribution in [3.05, 3.63) is 77.9 Å². The molecule has 3 aromatic rings. The number of rotatable bonds is 4. The predicted molar refractivity (Wildman–Crippen MR) is 105 cm³/mol. The summed E-state index contributed by atoms with van der Waals surface area (Å²) in [4.78, 5) is -0.121. The molecule has 4 rings (SSSR count). The zero-order valence-corrected chi connectivity index (χ0v) is 16.1. The highest BCUT2D eigenvalue weighted by Crippen LogP contribution is 2.37. The summed E-state index contributed by atoms with van der Waals surface area (Å²) in [6.45, 7) is 0. The number of sulfonamides is 1. The van der Waals surface area contributed by atoms with Crippen molar-refractivity contribution >= 4 is 25.5 Å². The van der Waals surface area contributed by atoms with Gasteiger partial charge < -0.3 is 0 Å². The minimum Gasteiger partial charge on any atom is -0.280 e. The largest absolute Gasteiger partial charge is 0.280 e. The Morgan fingerprint density at radius 1 is 0.741 bits per heavy atom. The second kappa shape index (κ2) is 6.21. The SMILES string of the molecule is CS(=O)(=O)c1cccc(S(=O)(=O)Nc2ccc3c(c2)Cc2ccccc2-3)c1. The van der Waals surface area contributed by atoms with Crippen LogP contribution in [0.15, 0.2) is 76.5 Å². The predicted octanol–water partition coefficient (Wildman–Crippen LogP) is 3.46. The van der Waals surface area contributed by atoms with Crippen LogP contribution in [-0.2, 0) is 26.3 Å². The van der Waals surface area contributed by atoms with Crippen molar-refractivity contribution in [2.45, 2.75) is 16.2 Å². The maximum atomic E-state index is 12.7. The Bertz CT molecular complexity index is 1260. The van der Waals surface area contributed by atoms with Gasteiger partial charge in [0.1, 0.15) is 0 Å². The van der Waals surface area contributed by atoms with Gasteiger partial charge in [-0.25, -0.2) is 16.8 Å². The summed E-state index contributed by atoms with van der Waals surface area (Å²) in [5.74, 6) is 0. The van der Waals surface area contributed by atoms with Crippen molar-refractivity contribution in [3.63, 3.8) is 0 Å². The maximum Gasteiger partial charge on any atom is 0.261 e. The smallest absolute Gasteiger partial charge is 0.261 e. The van der Waals surface area contributed by atoms with E-state index in [1.807, 2.05) is 24.3 Å². The number of sulfone groups is 1. The van der Waals surface area contributed by atoms with E-state index >= 15 is 0 Å². The van der Waals surface area contributed by atoms with Gasteiger partial charge in [-0.1, -0.05) is 36.4 Å². The van der Waals surface area contributed by atoms with Crippen LogP contribution in [0.2, 0.25) is 0 Å². The molecule has 0 heterocycles. The van der Waals surface area contributed by atoms with Gasteiger partial charge in [0.25, 0.3) is 10.0 Å². The van der Waals surface area contributed by atoms with Crippen molar-refractivity contribution in [2.75, 3.05) is 11.0 Å². The highest BCUT2D eigenvalue weighted by atomic mass is 32.2. The molecule has 0 unspecified atom stereocenters. The molecule has 0 saturated heterocycles. The normalized spacial score (nSPS) is 13.1. The number of hydrogen-bond donors (Lipinski definition) is 1. The monoisotopic (exact) mass is 399 g/mol. The van der Waals surface area contributed by atoms with E-state index in [1.165, 1.54) is 35.4 Å². The third kappa shape index (κ3) is 3.36. The lowest BCUT2D eigenvalue weighted by atomic mass is 10.1. The molecule has 0 atom stereocenters. The molecule has 5 nitrogen and oxygen atoms in total. The minimum atomic E-state index is -3.90. The number of anilines is 1. The molecule has 1 aliphatic carbocycles. The highest BCUT2D eigenvalue weighted by molar-refractivity contribution is 7.93. The van der Waals surface area contributed by atoms with E-state index in [-0.39, 0.29) is 9.79 Å². The summed E-state index contributed by atoms with van der Waals surface area (Å²) in [6.07, 6.45) is 1.80.